The average molecular weight is 396 g/mol. The number of hydrogen-bond acceptors (Lipinski definition) is 1. The number of aromatic carboxylic acids is 1. The highest BCUT2D eigenvalue weighted by Crippen LogP contribution is 2.44. The van der Waals surface area contributed by atoms with E-state index in [9.17, 15) is 9.90 Å². The van der Waals surface area contributed by atoms with Crippen molar-refractivity contribution < 1.29 is 9.90 Å². The number of nitrogens with zero attached hydrogens (tertiary/aromatic N) is 1. The fourth-order valence-electron chi connectivity index (χ4n) is 5.07. The first-order valence-corrected chi connectivity index (χ1v) is 10.8. The van der Waals surface area contributed by atoms with Gasteiger partial charge in [0.15, 0.2) is 0 Å². The van der Waals surface area contributed by atoms with E-state index in [1.807, 2.05) is 59.2 Å². The fraction of sp³-hybridized carbons (Fsp3) is 0.222. The summed E-state index contributed by atoms with van der Waals surface area (Å²) in [6, 6.07) is 26.4. The van der Waals surface area contributed by atoms with E-state index in [0.717, 1.165) is 59.0 Å². The van der Waals surface area contributed by atoms with Crippen LogP contribution < -0.4 is 0 Å². The molecular weight excluding hydrogens is 370 g/mol. The van der Waals surface area contributed by atoms with E-state index in [1.54, 1.807) is 0 Å². The van der Waals surface area contributed by atoms with Gasteiger partial charge in [-0.2, -0.15) is 0 Å². The first kappa shape index (κ1) is 18.7. The van der Waals surface area contributed by atoms with E-state index in [4.69, 9.17) is 0 Å². The van der Waals surface area contributed by atoms with Gasteiger partial charge in [0.05, 0.1) is 5.52 Å². The molecular formula is C27H25NO2. The predicted octanol–water partition coefficient (Wildman–Crippen LogP) is 7.04. The smallest absolute Gasteiger partial charge is 0.353 e. The normalized spacial score (nSPS) is 14.8. The quantitative estimate of drug-likeness (QED) is 0.402. The van der Waals surface area contributed by atoms with Crippen molar-refractivity contribution in [3.63, 3.8) is 0 Å². The summed E-state index contributed by atoms with van der Waals surface area (Å²) in [6.07, 6.45) is 5.67. The van der Waals surface area contributed by atoms with Crippen LogP contribution in [0.2, 0.25) is 0 Å². The van der Waals surface area contributed by atoms with Gasteiger partial charge >= 0.3 is 5.97 Å². The Bertz CT molecular complexity index is 1190. The summed E-state index contributed by atoms with van der Waals surface area (Å²) in [4.78, 5) is 12.7. The Morgan fingerprint density at radius 1 is 0.800 bits per heavy atom. The standard InChI is InChI=1S/C27H25NO2/c29-27(30)26-24(20-13-6-2-7-14-20)25-22(19-11-4-1-5-12-19)17-10-18-23(25)28(26)21-15-8-3-9-16-21/h1,3-5,8-12,15-18,20H,2,6-7,13-14H2,(H,29,30). The highest BCUT2D eigenvalue weighted by atomic mass is 16.4. The molecule has 5 rings (SSSR count). The number of hydrogen-bond donors (Lipinski definition) is 1. The summed E-state index contributed by atoms with van der Waals surface area (Å²) < 4.78 is 1.95. The molecule has 1 aliphatic rings. The Balaban J connectivity index is 1.91. The van der Waals surface area contributed by atoms with E-state index in [1.165, 1.54) is 6.42 Å². The Kier molecular flexibility index (Phi) is 4.88. The molecule has 0 unspecified atom stereocenters. The number of aromatic nitrogens is 1. The van der Waals surface area contributed by atoms with Crippen LogP contribution in [0.3, 0.4) is 0 Å². The van der Waals surface area contributed by atoms with Gasteiger partial charge in [-0.25, -0.2) is 4.79 Å². The molecule has 1 aromatic heterocycles. The van der Waals surface area contributed by atoms with Crippen molar-refractivity contribution in [2.75, 3.05) is 0 Å². The summed E-state index contributed by atoms with van der Waals surface area (Å²) in [6.45, 7) is 0. The van der Waals surface area contributed by atoms with Gasteiger partial charge in [0, 0.05) is 11.1 Å². The third kappa shape index (κ3) is 3.11. The molecule has 1 aliphatic carbocycles. The Hall–Kier alpha value is -3.33. The molecule has 0 radical (unpaired) electrons. The molecule has 3 heteroatoms. The first-order valence-electron chi connectivity index (χ1n) is 10.8. The third-order valence-corrected chi connectivity index (χ3v) is 6.35. The lowest BCUT2D eigenvalue weighted by atomic mass is 9.81. The lowest BCUT2D eigenvalue weighted by molar-refractivity contribution is 0.0686. The van der Waals surface area contributed by atoms with Gasteiger partial charge in [-0.3, -0.25) is 0 Å². The molecule has 3 nitrogen and oxygen atoms in total. The summed E-state index contributed by atoms with van der Waals surface area (Å²) in [7, 11) is 0. The van der Waals surface area contributed by atoms with Crippen molar-refractivity contribution in [1.82, 2.24) is 4.57 Å². The molecule has 1 N–H and O–H groups in total. The Morgan fingerprint density at radius 3 is 2.13 bits per heavy atom. The van der Waals surface area contributed by atoms with Crippen molar-refractivity contribution in [2.45, 2.75) is 38.0 Å². The molecule has 0 bridgehead atoms. The largest absolute Gasteiger partial charge is 0.477 e. The maximum absolute atomic E-state index is 12.7. The molecule has 4 aromatic rings. The molecule has 1 heterocycles. The SMILES string of the molecule is O=C(O)c1c(C2CCCCC2)c2c(-c3ccccc3)cccc2n1-c1ccccc1. The molecule has 0 amide bonds. The van der Waals surface area contributed by atoms with E-state index >= 15 is 0 Å². The summed E-state index contributed by atoms with van der Waals surface area (Å²) in [5.74, 6) is -0.572. The number of fused-ring (bicyclic) bond motifs is 1. The molecule has 3 aromatic carbocycles. The summed E-state index contributed by atoms with van der Waals surface area (Å²) in [5.41, 5.74) is 5.55. The van der Waals surface area contributed by atoms with Crippen molar-refractivity contribution >= 4 is 16.9 Å². The maximum Gasteiger partial charge on any atom is 0.353 e. The van der Waals surface area contributed by atoms with Gasteiger partial charge in [0.2, 0.25) is 0 Å². The van der Waals surface area contributed by atoms with Gasteiger partial charge in [-0.05, 0) is 53.6 Å². The molecule has 150 valence electrons. The number of carbonyl (C=O) groups is 1. The highest BCUT2D eigenvalue weighted by molar-refractivity contribution is 6.06. The zero-order valence-corrected chi connectivity index (χ0v) is 16.9. The number of carboxylic acid groups (broad SMARTS) is 1. The van der Waals surface area contributed by atoms with Gasteiger partial charge in [-0.15, -0.1) is 0 Å². The third-order valence-electron chi connectivity index (χ3n) is 6.35. The van der Waals surface area contributed by atoms with Crippen LogP contribution in [0, 0.1) is 0 Å². The van der Waals surface area contributed by atoms with Crippen molar-refractivity contribution in [3.8, 4) is 16.8 Å². The predicted molar refractivity (Wildman–Crippen MR) is 121 cm³/mol. The minimum absolute atomic E-state index is 0.280. The summed E-state index contributed by atoms with van der Waals surface area (Å²) >= 11 is 0. The van der Waals surface area contributed by atoms with Crippen molar-refractivity contribution in [2.24, 2.45) is 0 Å². The second-order valence-corrected chi connectivity index (χ2v) is 8.14. The van der Waals surface area contributed by atoms with Crippen LogP contribution in [0.5, 0.6) is 0 Å². The van der Waals surface area contributed by atoms with E-state index in [-0.39, 0.29) is 5.92 Å². The van der Waals surface area contributed by atoms with Gasteiger partial charge < -0.3 is 9.67 Å². The molecule has 30 heavy (non-hydrogen) atoms. The van der Waals surface area contributed by atoms with Crippen LogP contribution in [0.25, 0.3) is 27.7 Å². The van der Waals surface area contributed by atoms with Crippen LogP contribution in [0.1, 0.15) is 54.1 Å². The number of para-hydroxylation sites is 1. The monoisotopic (exact) mass is 395 g/mol. The second-order valence-electron chi connectivity index (χ2n) is 8.14. The zero-order chi connectivity index (χ0) is 20.5. The first-order chi connectivity index (χ1) is 14.8. The van der Waals surface area contributed by atoms with Gasteiger partial charge in [0.25, 0.3) is 0 Å². The van der Waals surface area contributed by atoms with Gasteiger partial charge in [0.1, 0.15) is 5.69 Å². The second kappa shape index (κ2) is 7.83. The fourth-order valence-corrected chi connectivity index (χ4v) is 5.07. The van der Waals surface area contributed by atoms with E-state index < -0.39 is 5.97 Å². The zero-order valence-electron chi connectivity index (χ0n) is 16.9. The molecule has 1 fully saturated rings. The maximum atomic E-state index is 12.7. The highest BCUT2D eigenvalue weighted by Gasteiger charge is 2.30. The minimum atomic E-state index is -0.852. The van der Waals surface area contributed by atoms with Crippen LogP contribution in [0.15, 0.2) is 78.9 Å². The Labute approximate surface area is 176 Å². The number of rotatable bonds is 4. The number of carboxylic acids is 1. The molecule has 1 saturated carbocycles. The van der Waals surface area contributed by atoms with Crippen molar-refractivity contribution in [1.29, 1.82) is 0 Å². The molecule has 0 aliphatic heterocycles. The number of benzene rings is 3. The van der Waals surface area contributed by atoms with Crippen LogP contribution >= 0.6 is 0 Å². The Morgan fingerprint density at radius 2 is 1.47 bits per heavy atom. The van der Waals surface area contributed by atoms with Gasteiger partial charge in [-0.1, -0.05) is 79.9 Å². The molecule has 0 atom stereocenters. The van der Waals surface area contributed by atoms with E-state index in [2.05, 4.69) is 24.3 Å². The van der Waals surface area contributed by atoms with E-state index in [0.29, 0.717) is 5.69 Å². The lowest BCUT2D eigenvalue weighted by Gasteiger charge is -2.23. The summed E-state index contributed by atoms with van der Waals surface area (Å²) in [5, 5.41) is 11.5. The minimum Gasteiger partial charge on any atom is -0.477 e. The topological polar surface area (TPSA) is 42.2 Å². The molecule has 0 spiro atoms. The van der Waals surface area contributed by atoms with Crippen LogP contribution in [0.4, 0.5) is 0 Å². The molecule has 0 saturated heterocycles. The van der Waals surface area contributed by atoms with Crippen molar-refractivity contribution in [3.05, 3.63) is 90.1 Å². The lowest BCUT2D eigenvalue weighted by Crippen LogP contribution is -2.13. The van der Waals surface area contributed by atoms with Crippen LogP contribution in [-0.2, 0) is 0 Å². The van der Waals surface area contributed by atoms with Crippen LogP contribution in [-0.4, -0.2) is 15.6 Å². The average Bonchev–Trinajstić information content (AvgIpc) is 3.16.